The zero-order valence-electron chi connectivity index (χ0n) is 9.59. The van der Waals surface area contributed by atoms with Crippen molar-refractivity contribution in [2.75, 3.05) is 0 Å². The summed E-state index contributed by atoms with van der Waals surface area (Å²) >= 11 is 1.30. The number of aromatic carboxylic acids is 1. The summed E-state index contributed by atoms with van der Waals surface area (Å²) in [6.45, 7) is 2.08. The molecule has 0 aliphatic heterocycles. The molecule has 2 rings (SSSR count). The van der Waals surface area contributed by atoms with Gasteiger partial charge in [-0.15, -0.1) is 11.3 Å². The van der Waals surface area contributed by atoms with E-state index in [-0.39, 0.29) is 5.92 Å². The molecule has 0 fully saturated rings. The van der Waals surface area contributed by atoms with E-state index in [2.05, 4.69) is 19.1 Å². The summed E-state index contributed by atoms with van der Waals surface area (Å²) in [4.78, 5) is 11.6. The largest absolute Gasteiger partial charge is 0.477 e. The Hall–Kier alpha value is -1.61. The number of rotatable bonds is 4. The molecule has 3 heteroatoms. The van der Waals surface area contributed by atoms with Crippen LogP contribution in [0.15, 0.2) is 41.8 Å². The van der Waals surface area contributed by atoms with Crippen LogP contribution in [0, 0.1) is 0 Å². The standard InChI is InChI=1S/C14H14O2S/c1-2-11(10-6-4-3-5-7-10)12-8-9-17-13(12)14(15)16/h3-9,11H,2H2,1H3,(H,15,16). The predicted molar refractivity (Wildman–Crippen MR) is 69.9 cm³/mol. The summed E-state index contributed by atoms with van der Waals surface area (Å²) in [5.41, 5.74) is 2.10. The molecule has 0 aliphatic rings. The molecule has 1 aromatic carbocycles. The summed E-state index contributed by atoms with van der Waals surface area (Å²) in [7, 11) is 0. The first-order valence-electron chi connectivity index (χ1n) is 5.59. The fraction of sp³-hybridized carbons (Fsp3) is 0.214. The third kappa shape index (κ3) is 2.39. The van der Waals surface area contributed by atoms with Crippen LogP contribution in [0.3, 0.4) is 0 Å². The first kappa shape index (κ1) is 11.9. The molecule has 88 valence electrons. The normalized spacial score (nSPS) is 12.3. The average Bonchev–Trinajstić information content (AvgIpc) is 2.81. The van der Waals surface area contributed by atoms with Crippen LogP contribution in [0.2, 0.25) is 0 Å². The lowest BCUT2D eigenvalue weighted by atomic mass is 9.89. The molecule has 2 aromatic rings. The SMILES string of the molecule is CCC(c1ccccc1)c1ccsc1C(=O)O. The lowest BCUT2D eigenvalue weighted by molar-refractivity contribution is 0.0701. The topological polar surface area (TPSA) is 37.3 Å². The van der Waals surface area contributed by atoms with Crippen molar-refractivity contribution in [3.8, 4) is 0 Å². The number of hydrogen-bond donors (Lipinski definition) is 1. The molecule has 0 amide bonds. The van der Waals surface area contributed by atoms with Crippen molar-refractivity contribution < 1.29 is 9.90 Å². The van der Waals surface area contributed by atoms with Gasteiger partial charge in [0.15, 0.2) is 0 Å². The van der Waals surface area contributed by atoms with E-state index in [4.69, 9.17) is 5.11 Å². The van der Waals surface area contributed by atoms with Gasteiger partial charge in [-0.2, -0.15) is 0 Å². The third-order valence-electron chi connectivity index (χ3n) is 2.88. The number of hydrogen-bond acceptors (Lipinski definition) is 2. The van der Waals surface area contributed by atoms with Gasteiger partial charge in [0.2, 0.25) is 0 Å². The summed E-state index contributed by atoms with van der Waals surface area (Å²) in [6.07, 6.45) is 0.904. The van der Waals surface area contributed by atoms with Crippen LogP contribution in [0.4, 0.5) is 0 Å². The molecule has 0 saturated heterocycles. The van der Waals surface area contributed by atoms with Crippen molar-refractivity contribution >= 4 is 17.3 Å². The van der Waals surface area contributed by atoms with E-state index in [0.29, 0.717) is 4.88 Å². The van der Waals surface area contributed by atoms with Crippen LogP contribution < -0.4 is 0 Å². The maximum Gasteiger partial charge on any atom is 0.346 e. The van der Waals surface area contributed by atoms with Crippen LogP contribution in [0.25, 0.3) is 0 Å². The van der Waals surface area contributed by atoms with Crippen LogP contribution in [0.1, 0.15) is 40.1 Å². The average molecular weight is 246 g/mol. The van der Waals surface area contributed by atoms with E-state index in [0.717, 1.165) is 12.0 Å². The van der Waals surface area contributed by atoms with E-state index in [9.17, 15) is 4.79 Å². The number of carboxylic acids is 1. The van der Waals surface area contributed by atoms with Crippen LogP contribution >= 0.6 is 11.3 Å². The highest BCUT2D eigenvalue weighted by Gasteiger charge is 2.20. The van der Waals surface area contributed by atoms with Gasteiger partial charge in [-0.05, 0) is 29.0 Å². The molecule has 1 aromatic heterocycles. The van der Waals surface area contributed by atoms with E-state index in [1.54, 1.807) is 0 Å². The first-order chi connectivity index (χ1) is 8.24. The highest BCUT2D eigenvalue weighted by molar-refractivity contribution is 7.12. The quantitative estimate of drug-likeness (QED) is 0.885. The summed E-state index contributed by atoms with van der Waals surface area (Å²) in [5.74, 6) is -0.655. The second kappa shape index (κ2) is 5.15. The molecule has 0 bridgehead atoms. The maximum absolute atomic E-state index is 11.1. The molecule has 1 heterocycles. The predicted octanol–water partition coefficient (Wildman–Crippen LogP) is 3.99. The van der Waals surface area contributed by atoms with Crippen molar-refractivity contribution in [2.45, 2.75) is 19.3 Å². The molecule has 0 saturated carbocycles. The Morgan fingerprint density at radius 1 is 1.29 bits per heavy atom. The molecule has 2 nitrogen and oxygen atoms in total. The van der Waals surface area contributed by atoms with Gasteiger partial charge in [0, 0.05) is 5.92 Å². The summed E-state index contributed by atoms with van der Waals surface area (Å²) in [6, 6.07) is 12.0. The van der Waals surface area contributed by atoms with Crippen molar-refractivity contribution in [2.24, 2.45) is 0 Å². The maximum atomic E-state index is 11.1. The van der Waals surface area contributed by atoms with E-state index < -0.39 is 5.97 Å². The Labute approximate surface area is 105 Å². The molecule has 0 aliphatic carbocycles. The zero-order chi connectivity index (χ0) is 12.3. The lowest BCUT2D eigenvalue weighted by Crippen LogP contribution is -2.04. The van der Waals surface area contributed by atoms with Crippen molar-refractivity contribution in [1.82, 2.24) is 0 Å². The highest BCUT2D eigenvalue weighted by atomic mass is 32.1. The molecule has 1 atom stereocenters. The molecule has 0 spiro atoms. The van der Waals surface area contributed by atoms with E-state index in [1.807, 2.05) is 29.6 Å². The van der Waals surface area contributed by atoms with Gasteiger partial charge in [-0.1, -0.05) is 37.3 Å². The summed E-state index contributed by atoms with van der Waals surface area (Å²) in [5, 5.41) is 11.0. The first-order valence-corrected chi connectivity index (χ1v) is 6.47. The summed E-state index contributed by atoms with van der Waals surface area (Å²) < 4.78 is 0. The minimum absolute atomic E-state index is 0.175. The number of carbonyl (C=O) groups is 1. The molecule has 1 unspecified atom stereocenters. The molecule has 1 N–H and O–H groups in total. The Kier molecular flexibility index (Phi) is 3.59. The fourth-order valence-corrected chi connectivity index (χ4v) is 2.89. The van der Waals surface area contributed by atoms with Crippen LogP contribution in [-0.2, 0) is 0 Å². The van der Waals surface area contributed by atoms with Crippen LogP contribution in [-0.4, -0.2) is 11.1 Å². The Morgan fingerprint density at radius 3 is 2.59 bits per heavy atom. The van der Waals surface area contributed by atoms with Gasteiger partial charge in [-0.3, -0.25) is 0 Å². The van der Waals surface area contributed by atoms with Gasteiger partial charge in [-0.25, -0.2) is 4.79 Å². The molecule has 17 heavy (non-hydrogen) atoms. The second-order valence-corrected chi connectivity index (χ2v) is 4.80. The van der Waals surface area contributed by atoms with Gasteiger partial charge in [0.05, 0.1) is 0 Å². The highest BCUT2D eigenvalue weighted by Crippen LogP contribution is 2.32. The monoisotopic (exact) mass is 246 g/mol. The minimum atomic E-state index is -0.829. The van der Waals surface area contributed by atoms with Gasteiger partial charge < -0.3 is 5.11 Å². The van der Waals surface area contributed by atoms with Crippen molar-refractivity contribution in [3.05, 3.63) is 57.8 Å². The number of thiophene rings is 1. The van der Waals surface area contributed by atoms with E-state index >= 15 is 0 Å². The minimum Gasteiger partial charge on any atom is -0.477 e. The van der Waals surface area contributed by atoms with E-state index in [1.165, 1.54) is 16.9 Å². The fourth-order valence-electron chi connectivity index (χ4n) is 2.09. The van der Waals surface area contributed by atoms with Crippen molar-refractivity contribution in [3.63, 3.8) is 0 Å². The lowest BCUT2D eigenvalue weighted by Gasteiger charge is -2.15. The number of carboxylic acid groups (broad SMARTS) is 1. The molecular formula is C14H14O2S. The molecular weight excluding hydrogens is 232 g/mol. The van der Waals surface area contributed by atoms with Crippen LogP contribution in [0.5, 0.6) is 0 Å². The third-order valence-corrected chi connectivity index (χ3v) is 3.79. The smallest absolute Gasteiger partial charge is 0.346 e. The molecule has 0 radical (unpaired) electrons. The van der Waals surface area contributed by atoms with Gasteiger partial charge >= 0.3 is 5.97 Å². The zero-order valence-corrected chi connectivity index (χ0v) is 10.4. The Morgan fingerprint density at radius 2 is 2.00 bits per heavy atom. The second-order valence-electron chi connectivity index (χ2n) is 3.88. The van der Waals surface area contributed by atoms with Crippen molar-refractivity contribution in [1.29, 1.82) is 0 Å². The number of benzene rings is 1. The van der Waals surface area contributed by atoms with Gasteiger partial charge in [0.1, 0.15) is 4.88 Å². The van der Waals surface area contributed by atoms with Gasteiger partial charge in [0.25, 0.3) is 0 Å². The Balaban J connectivity index is 2.43. The Bertz CT molecular complexity index is 502.